The number of hydrogen-bond donors (Lipinski definition) is 3. The number of rotatable bonds is 3. The number of phenolic OH excluding ortho intramolecular Hbond substituents is 1. The van der Waals surface area contributed by atoms with Crippen molar-refractivity contribution >= 4 is 53.2 Å². The Bertz CT molecular complexity index is 840. The van der Waals surface area contributed by atoms with Gasteiger partial charge in [0.05, 0.1) is 13.2 Å². The third-order valence-corrected chi connectivity index (χ3v) is 5.14. The molecule has 4 rings (SSSR count). The molecule has 9 nitrogen and oxygen atoms in total. The number of hydrogen-bond acceptors (Lipinski definition) is 5. The van der Waals surface area contributed by atoms with Crippen molar-refractivity contribution in [3.8, 4) is 5.75 Å². The number of likely N-dealkylation sites (tertiary alicyclic amines) is 1. The van der Waals surface area contributed by atoms with E-state index in [1.807, 2.05) is 0 Å². The molecule has 3 N–H and O–H groups in total. The van der Waals surface area contributed by atoms with Gasteiger partial charge >= 0.3 is 41.6 Å². The van der Waals surface area contributed by atoms with Crippen molar-refractivity contribution in [2.75, 3.05) is 19.0 Å². The number of amides is 3. The molecular weight excluding hydrogens is 365 g/mol. The van der Waals surface area contributed by atoms with Gasteiger partial charge < -0.3 is 25.2 Å². The molecule has 0 aliphatic carbocycles. The Morgan fingerprint density at radius 2 is 1.93 bits per heavy atom. The fourth-order valence-corrected chi connectivity index (χ4v) is 4.02. The first kappa shape index (κ1) is 19.5. The van der Waals surface area contributed by atoms with Crippen LogP contribution in [0.4, 0.5) is 10.5 Å². The average molecular weight is 383 g/mol. The summed E-state index contributed by atoms with van der Waals surface area (Å²) in [6.45, 7) is 0.335. The molecular formula is C17H18N3NaO6. The number of allylic oxidation sites excluding steroid dienone is 1. The fourth-order valence-electron chi connectivity index (χ4n) is 4.02. The number of urea groups is 1. The fraction of sp³-hybridized carbons (Fsp3) is 0.353. The molecule has 3 amide bonds. The normalized spacial score (nSPS) is 25.4. The predicted molar refractivity (Wildman–Crippen MR) is 95.2 cm³/mol. The van der Waals surface area contributed by atoms with Crippen molar-refractivity contribution in [3.05, 3.63) is 35.7 Å². The van der Waals surface area contributed by atoms with Gasteiger partial charge in [-0.1, -0.05) is 0 Å². The van der Waals surface area contributed by atoms with E-state index in [-0.39, 0.29) is 58.7 Å². The quantitative estimate of drug-likeness (QED) is 0.388. The zero-order chi connectivity index (χ0) is 18.6. The van der Waals surface area contributed by atoms with Gasteiger partial charge in [-0.15, -0.1) is 0 Å². The zero-order valence-corrected chi connectivity index (χ0v) is 13.9. The predicted octanol–water partition coefficient (Wildman–Crippen LogP) is 0.133. The standard InChI is InChI=1S/C17H17N3O6.Na.H/c1-26-11-6-8-7-19(17(25)18-9-2-4-10(21)5-3-9)14-12(8)20(15(14)22)13(11)16(23)24;;/h2-5,8,12,14,21H,6-7H2,1H3,(H,18,25)(H,23,24);;/t8-,12-,14+;;/m1../s1. The van der Waals surface area contributed by atoms with E-state index >= 15 is 0 Å². The minimum atomic E-state index is -1.21. The van der Waals surface area contributed by atoms with E-state index in [1.165, 1.54) is 29.0 Å². The molecule has 0 saturated carbocycles. The molecule has 1 aromatic rings. The molecule has 3 aliphatic heterocycles. The van der Waals surface area contributed by atoms with Crippen LogP contribution in [-0.4, -0.2) is 93.2 Å². The van der Waals surface area contributed by atoms with Crippen LogP contribution in [0.5, 0.6) is 5.75 Å². The SMILES string of the molecule is COC1=C(C(=O)O)N2C(=O)[C@@H]3[C@H]2[C@H](C1)CN3C(=O)Nc1ccc(O)cc1.[NaH]. The maximum absolute atomic E-state index is 12.6. The van der Waals surface area contributed by atoms with Gasteiger partial charge in [0.15, 0.2) is 5.70 Å². The van der Waals surface area contributed by atoms with Gasteiger partial charge in [-0.2, -0.15) is 0 Å². The van der Waals surface area contributed by atoms with Crippen LogP contribution >= 0.6 is 0 Å². The first-order valence-corrected chi connectivity index (χ1v) is 8.12. The Kier molecular flexibility index (Phi) is 5.11. The monoisotopic (exact) mass is 383 g/mol. The summed E-state index contributed by atoms with van der Waals surface area (Å²) in [5.41, 5.74) is 0.365. The van der Waals surface area contributed by atoms with Gasteiger partial charge in [0.25, 0.3) is 5.91 Å². The van der Waals surface area contributed by atoms with Crippen LogP contribution in [0, 0.1) is 5.92 Å². The van der Waals surface area contributed by atoms with Gasteiger partial charge in [-0.25, -0.2) is 9.59 Å². The van der Waals surface area contributed by atoms with Crippen molar-refractivity contribution in [2.24, 2.45) is 5.92 Å². The Hall–Kier alpha value is -2.23. The van der Waals surface area contributed by atoms with Crippen molar-refractivity contribution in [1.29, 1.82) is 0 Å². The summed E-state index contributed by atoms with van der Waals surface area (Å²) in [5.74, 6) is -1.35. The van der Waals surface area contributed by atoms with Crippen molar-refractivity contribution < 1.29 is 29.3 Å². The van der Waals surface area contributed by atoms with E-state index in [1.54, 1.807) is 12.1 Å². The van der Waals surface area contributed by atoms with E-state index in [4.69, 9.17) is 4.74 Å². The number of carbonyl (C=O) groups excluding carboxylic acids is 2. The second-order valence-corrected chi connectivity index (χ2v) is 6.52. The van der Waals surface area contributed by atoms with E-state index in [2.05, 4.69) is 5.32 Å². The molecule has 3 heterocycles. The van der Waals surface area contributed by atoms with E-state index < -0.39 is 23.9 Å². The number of carboxylic acids is 1. The van der Waals surface area contributed by atoms with E-state index in [0.717, 1.165) is 0 Å². The Balaban J connectivity index is 0.00000210. The van der Waals surface area contributed by atoms with Gasteiger partial charge in [-0.05, 0) is 24.3 Å². The number of carbonyl (C=O) groups is 3. The molecule has 0 unspecified atom stereocenters. The summed E-state index contributed by atoms with van der Waals surface area (Å²) in [5, 5.41) is 21.4. The molecule has 0 bridgehead atoms. The van der Waals surface area contributed by atoms with Gasteiger partial charge in [0.2, 0.25) is 0 Å². The van der Waals surface area contributed by atoms with Crippen LogP contribution in [-0.2, 0) is 14.3 Å². The summed E-state index contributed by atoms with van der Waals surface area (Å²) >= 11 is 0. The molecule has 2 saturated heterocycles. The van der Waals surface area contributed by atoms with Crippen LogP contribution in [0.3, 0.4) is 0 Å². The summed E-state index contributed by atoms with van der Waals surface area (Å²) in [6.07, 6.45) is 0.367. The molecule has 138 valence electrons. The van der Waals surface area contributed by atoms with Crippen LogP contribution in [0.25, 0.3) is 0 Å². The Morgan fingerprint density at radius 1 is 1.26 bits per heavy atom. The molecule has 0 aromatic heterocycles. The third-order valence-electron chi connectivity index (χ3n) is 5.14. The van der Waals surface area contributed by atoms with Crippen molar-refractivity contribution in [3.63, 3.8) is 0 Å². The second kappa shape index (κ2) is 7.06. The number of nitrogens with one attached hydrogen (secondary N) is 1. The van der Waals surface area contributed by atoms with Crippen LogP contribution in [0.1, 0.15) is 6.42 Å². The summed E-state index contributed by atoms with van der Waals surface area (Å²) in [4.78, 5) is 39.4. The molecule has 10 heteroatoms. The van der Waals surface area contributed by atoms with Crippen LogP contribution < -0.4 is 5.32 Å². The van der Waals surface area contributed by atoms with Crippen molar-refractivity contribution in [1.82, 2.24) is 9.80 Å². The number of methoxy groups -OCH3 is 1. The number of β-lactam (4-membered cyclic amide) rings is 1. The molecule has 0 spiro atoms. The molecule has 3 atom stereocenters. The molecule has 27 heavy (non-hydrogen) atoms. The third kappa shape index (κ3) is 2.95. The Labute approximate surface area is 176 Å². The number of carboxylic acid groups (broad SMARTS) is 1. The number of ether oxygens (including phenoxy) is 1. The van der Waals surface area contributed by atoms with Crippen molar-refractivity contribution in [2.45, 2.75) is 18.5 Å². The first-order valence-electron chi connectivity index (χ1n) is 8.12. The number of benzene rings is 1. The van der Waals surface area contributed by atoms with Crippen LogP contribution in [0.15, 0.2) is 35.7 Å². The number of phenols is 1. The van der Waals surface area contributed by atoms with Crippen LogP contribution in [0.2, 0.25) is 0 Å². The van der Waals surface area contributed by atoms with Gasteiger partial charge in [0, 0.05) is 24.6 Å². The molecule has 1 aromatic carbocycles. The number of nitrogens with zero attached hydrogens (tertiary/aromatic N) is 2. The zero-order valence-electron chi connectivity index (χ0n) is 13.9. The second-order valence-electron chi connectivity index (χ2n) is 6.52. The minimum absolute atomic E-state index is 0. The Morgan fingerprint density at radius 3 is 2.52 bits per heavy atom. The van der Waals surface area contributed by atoms with E-state index in [0.29, 0.717) is 18.7 Å². The molecule has 2 fully saturated rings. The molecule has 0 radical (unpaired) electrons. The number of aliphatic carboxylic acids is 1. The van der Waals surface area contributed by atoms with Gasteiger partial charge in [0.1, 0.15) is 17.6 Å². The van der Waals surface area contributed by atoms with Gasteiger partial charge in [-0.3, -0.25) is 9.69 Å². The maximum atomic E-state index is 12.6. The first-order chi connectivity index (χ1) is 12.4. The van der Waals surface area contributed by atoms with E-state index in [9.17, 15) is 24.6 Å². The molecule has 3 aliphatic rings. The number of anilines is 1. The average Bonchev–Trinajstić information content (AvgIpc) is 2.98. The number of aromatic hydroxyl groups is 1. The summed E-state index contributed by atoms with van der Waals surface area (Å²) in [7, 11) is 1.38. The summed E-state index contributed by atoms with van der Waals surface area (Å²) in [6, 6.07) is 4.57. The topological polar surface area (TPSA) is 119 Å². The summed E-state index contributed by atoms with van der Waals surface area (Å²) < 4.78 is 5.18.